The molecule has 1 aromatic heterocycles. The molecule has 3 nitrogen and oxygen atoms in total. The molecule has 9 heavy (non-hydrogen) atoms. The number of rotatable bonds is 1. The molecule has 1 aromatic rings. The zero-order valence-corrected chi connectivity index (χ0v) is 6.72. The van der Waals surface area contributed by atoms with Crippen LogP contribution in [0.5, 0.6) is 0 Å². The summed E-state index contributed by atoms with van der Waals surface area (Å²) in [4.78, 5) is 0. The number of aryl methyl sites for hydroxylation is 1. The van der Waals surface area contributed by atoms with Crippen LogP contribution in [0.25, 0.3) is 0 Å². The van der Waals surface area contributed by atoms with Crippen LogP contribution in [0.1, 0.15) is 5.56 Å². The first-order valence-electron chi connectivity index (χ1n) is 2.62. The van der Waals surface area contributed by atoms with Crippen molar-refractivity contribution in [1.29, 1.82) is 0 Å². The van der Waals surface area contributed by atoms with Gasteiger partial charge in [-0.25, -0.2) is 0 Å². The molecule has 0 aliphatic rings. The Morgan fingerprint density at radius 2 is 2.56 bits per heavy atom. The molecule has 0 fully saturated rings. The van der Waals surface area contributed by atoms with Crippen LogP contribution in [0.15, 0.2) is 10.8 Å². The molecular weight excluding hydrogens is 182 g/mol. The van der Waals surface area contributed by atoms with E-state index in [0.717, 1.165) is 10.2 Å². The van der Waals surface area contributed by atoms with Crippen molar-refractivity contribution < 1.29 is 0 Å². The monoisotopic (exact) mass is 189 g/mol. The van der Waals surface area contributed by atoms with Gasteiger partial charge in [-0.3, -0.25) is 4.68 Å². The van der Waals surface area contributed by atoms with Crippen molar-refractivity contribution in [2.24, 2.45) is 12.8 Å². The van der Waals surface area contributed by atoms with Crippen molar-refractivity contribution in [3.63, 3.8) is 0 Å². The lowest BCUT2D eigenvalue weighted by Gasteiger charge is -1.84. The van der Waals surface area contributed by atoms with E-state index in [9.17, 15) is 0 Å². The third-order valence-electron chi connectivity index (χ3n) is 1.07. The lowest BCUT2D eigenvalue weighted by atomic mass is 10.4. The van der Waals surface area contributed by atoms with Gasteiger partial charge in [-0.15, -0.1) is 0 Å². The molecule has 0 aliphatic heterocycles. The normalized spacial score (nSPS) is 10.1. The number of halogens is 1. The summed E-state index contributed by atoms with van der Waals surface area (Å²) in [7, 11) is 1.86. The summed E-state index contributed by atoms with van der Waals surface area (Å²) in [6.07, 6.45) is 1.89. The molecule has 1 heterocycles. The lowest BCUT2D eigenvalue weighted by molar-refractivity contribution is 0.760. The van der Waals surface area contributed by atoms with Gasteiger partial charge in [0.05, 0.1) is 0 Å². The van der Waals surface area contributed by atoms with Crippen LogP contribution >= 0.6 is 15.9 Å². The average molecular weight is 190 g/mol. The minimum absolute atomic E-state index is 0.536. The Morgan fingerprint density at radius 3 is 2.78 bits per heavy atom. The second-order valence-electron chi connectivity index (χ2n) is 1.82. The zero-order chi connectivity index (χ0) is 6.85. The minimum Gasteiger partial charge on any atom is -0.326 e. The summed E-state index contributed by atoms with van der Waals surface area (Å²) in [5.41, 5.74) is 6.42. The molecule has 50 valence electrons. The van der Waals surface area contributed by atoms with E-state index < -0.39 is 0 Å². The zero-order valence-electron chi connectivity index (χ0n) is 5.13. The molecule has 1 rings (SSSR count). The second kappa shape index (κ2) is 2.49. The van der Waals surface area contributed by atoms with Gasteiger partial charge in [0.15, 0.2) is 0 Å². The Hall–Kier alpha value is -0.350. The van der Waals surface area contributed by atoms with E-state index in [1.54, 1.807) is 4.68 Å². The highest BCUT2D eigenvalue weighted by Crippen LogP contribution is 2.11. The van der Waals surface area contributed by atoms with E-state index in [-0.39, 0.29) is 0 Å². The molecule has 0 radical (unpaired) electrons. The van der Waals surface area contributed by atoms with Crippen molar-refractivity contribution in [3.05, 3.63) is 16.4 Å². The molecule has 0 saturated carbocycles. The first kappa shape index (κ1) is 6.77. The first-order valence-corrected chi connectivity index (χ1v) is 3.41. The van der Waals surface area contributed by atoms with E-state index in [1.807, 2.05) is 13.2 Å². The van der Waals surface area contributed by atoms with Crippen molar-refractivity contribution >= 4 is 15.9 Å². The van der Waals surface area contributed by atoms with Crippen LogP contribution in [0.2, 0.25) is 0 Å². The largest absolute Gasteiger partial charge is 0.326 e. The fraction of sp³-hybridized carbons (Fsp3) is 0.400. The third-order valence-corrected chi connectivity index (χ3v) is 1.74. The van der Waals surface area contributed by atoms with Gasteiger partial charge in [-0.1, -0.05) is 0 Å². The highest BCUT2D eigenvalue weighted by atomic mass is 79.9. The van der Waals surface area contributed by atoms with Gasteiger partial charge in [0, 0.05) is 25.4 Å². The van der Waals surface area contributed by atoms with E-state index in [1.165, 1.54) is 0 Å². The molecule has 0 bridgehead atoms. The highest BCUT2D eigenvalue weighted by molar-refractivity contribution is 9.10. The topological polar surface area (TPSA) is 43.8 Å². The summed E-state index contributed by atoms with van der Waals surface area (Å²) >= 11 is 3.27. The second-order valence-corrected chi connectivity index (χ2v) is 2.57. The Bertz CT molecular complexity index is 206. The van der Waals surface area contributed by atoms with Crippen LogP contribution in [-0.2, 0) is 13.6 Å². The standard InChI is InChI=1S/C5H8BrN3/c1-9-3-4(2-7)5(6)8-9/h3H,2,7H2,1H3. The van der Waals surface area contributed by atoms with Crippen molar-refractivity contribution in [1.82, 2.24) is 9.78 Å². The maximum absolute atomic E-state index is 5.38. The molecule has 0 spiro atoms. The van der Waals surface area contributed by atoms with E-state index in [2.05, 4.69) is 21.0 Å². The van der Waals surface area contributed by atoms with Gasteiger partial charge in [-0.05, 0) is 15.9 Å². The fourth-order valence-electron chi connectivity index (χ4n) is 0.647. The van der Waals surface area contributed by atoms with Crippen molar-refractivity contribution in [3.8, 4) is 0 Å². The Morgan fingerprint density at radius 1 is 1.89 bits per heavy atom. The van der Waals surface area contributed by atoms with Crippen LogP contribution in [-0.4, -0.2) is 9.78 Å². The summed E-state index contributed by atoms with van der Waals surface area (Å²) in [5, 5.41) is 4.04. The summed E-state index contributed by atoms with van der Waals surface area (Å²) < 4.78 is 2.57. The molecule has 0 saturated heterocycles. The predicted molar refractivity (Wildman–Crippen MR) is 38.8 cm³/mol. The molecule has 0 aliphatic carbocycles. The Labute approximate surface area is 62.0 Å². The van der Waals surface area contributed by atoms with Gasteiger partial charge < -0.3 is 5.73 Å². The van der Waals surface area contributed by atoms with Gasteiger partial charge in [-0.2, -0.15) is 5.10 Å². The molecule has 2 N–H and O–H groups in total. The quantitative estimate of drug-likeness (QED) is 0.706. The smallest absolute Gasteiger partial charge is 0.132 e. The number of hydrogen-bond donors (Lipinski definition) is 1. The van der Waals surface area contributed by atoms with E-state index in [4.69, 9.17) is 5.73 Å². The minimum atomic E-state index is 0.536. The highest BCUT2D eigenvalue weighted by Gasteiger charge is 1.99. The van der Waals surface area contributed by atoms with Crippen LogP contribution in [0, 0.1) is 0 Å². The number of nitrogens with two attached hydrogens (primary N) is 1. The Balaban J connectivity index is 3.01. The predicted octanol–water partition coefficient (Wildman–Crippen LogP) is 0.641. The van der Waals surface area contributed by atoms with Crippen molar-refractivity contribution in [2.75, 3.05) is 0 Å². The van der Waals surface area contributed by atoms with Gasteiger partial charge in [0.2, 0.25) is 0 Å². The lowest BCUT2D eigenvalue weighted by Crippen LogP contribution is -1.94. The molecule has 0 unspecified atom stereocenters. The number of aromatic nitrogens is 2. The summed E-state index contributed by atoms with van der Waals surface area (Å²) in [6, 6.07) is 0. The van der Waals surface area contributed by atoms with E-state index >= 15 is 0 Å². The SMILES string of the molecule is Cn1cc(CN)c(Br)n1. The summed E-state index contributed by atoms with van der Waals surface area (Å²) in [5.74, 6) is 0. The Kier molecular flexibility index (Phi) is 1.87. The van der Waals surface area contributed by atoms with Gasteiger partial charge in [0.1, 0.15) is 4.60 Å². The van der Waals surface area contributed by atoms with Gasteiger partial charge in [0.25, 0.3) is 0 Å². The number of nitrogens with zero attached hydrogens (tertiary/aromatic N) is 2. The van der Waals surface area contributed by atoms with E-state index in [0.29, 0.717) is 6.54 Å². The fourth-order valence-corrected chi connectivity index (χ4v) is 1.16. The molecule has 0 aromatic carbocycles. The maximum Gasteiger partial charge on any atom is 0.132 e. The van der Waals surface area contributed by atoms with Crippen LogP contribution in [0.4, 0.5) is 0 Å². The summed E-state index contributed by atoms with van der Waals surface area (Å²) in [6.45, 7) is 0.536. The maximum atomic E-state index is 5.38. The van der Waals surface area contributed by atoms with Crippen molar-refractivity contribution in [2.45, 2.75) is 6.54 Å². The average Bonchev–Trinajstić information content (AvgIpc) is 2.10. The molecule has 0 atom stereocenters. The molecular formula is C5H8BrN3. The van der Waals surface area contributed by atoms with Crippen LogP contribution < -0.4 is 5.73 Å². The van der Waals surface area contributed by atoms with Crippen LogP contribution in [0.3, 0.4) is 0 Å². The van der Waals surface area contributed by atoms with Gasteiger partial charge >= 0.3 is 0 Å². The third kappa shape index (κ3) is 1.31. The number of hydrogen-bond acceptors (Lipinski definition) is 2. The first-order chi connectivity index (χ1) is 4.24. The molecule has 0 amide bonds. The molecule has 4 heteroatoms.